The summed E-state index contributed by atoms with van der Waals surface area (Å²) in [5.41, 5.74) is 2.85. The number of carbonyl (C=O) groups excluding carboxylic acids is 1. The quantitative estimate of drug-likeness (QED) is 0.729. The minimum atomic E-state index is -3.64. The van der Waals surface area contributed by atoms with E-state index in [1.54, 1.807) is 30.3 Å². The molecule has 0 aromatic heterocycles. The number of hydrogen-bond acceptors (Lipinski definition) is 5. The largest absolute Gasteiger partial charge is 0.378 e. The maximum Gasteiger partial charge on any atom is 0.255 e. The summed E-state index contributed by atoms with van der Waals surface area (Å²) in [5, 5.41) is 2.93. The number of rotatable bonds is 7. The Balaban J connectivity index is 1.99. The SMILES string of the molecule is CCN(CC)S(=O)(=O)c1ccc(N2CCOCC2)c(NC(=O)c2ccc(C)cc2)c1. The number of nitrogens with zero attached hydrogens (tertiary/aromatic N) is 2. The third kappa shape index (κ3) is 4.83. The molecule has 8 heteroatoms. The van der Waals surface area contributed by atoms with Crippen molar-refractivity contribution in [2.45, 2.75) is 25.7 Å². The van der Waals surface area contributed by atoms with Gasteiger partial charge in [-0.05, 0) is 37.3 Å². The standard InChI is InChI=1S/C22H29N3O4S/c1-4-25(5-2)30(27,28)19-10-11-21(24-12-14-29-15-13-24)20(16-19)23-22(26)18-8-6-17(3)7-9-18/h6-11,16H,4-5,12-15H2,1-3H3,(H,23,26). The number of benzene rings is 2. The Labute approximate surface area is 178 Å². The maximum absolute atomic E-state index is 13.0. The zero-order valence-corrected chi connectivity index (χ0v) is 18.5. The molecule has 1 fully saturated rings. The lowest BCUT2D eigenvalue weighted by atomic mass is 10.1. The molecule has 0 saturated carbocycles. The number of carbonyl (C=O) groups is 1. The fourth-order valence-electron chi connectivity index (χ4n) is 3.47. The van der Waals surface area contributed by atoms with Crippen LogP contribution in [0, 0.1) is 6.92 Å². The van der Waals surface area contributed by atoms with Crippen LogP contribution in [0.15, 0.2) is 47.4 Å². The predicted octanol–water partition coefficient (Wildman–Crippen LogP) is 3.11. The van der Waals surface area contributed by atoms with Gasteiger partial charge in [0.05, 0.1) is 29.5 Å². The molecule has 0 bridgehead atoms. The third-order valence-electron chi connectivity index (χ3n) is 5.22. The molecule has 1 N–H and O–H groups in total. The van der Waals surface area contributed by atoms with Gasteiger partial charge in [0.1, 0.15) is 0 Å². The number of sulfonamides is 1. The van der Waals surface area contributed by atoms with Crippen LogP contribution in [-0.4, -0.2) is 58.0 Å². The van der Waals surface area contributed by atoms with Gasteiger partial charge in [-0.3, -0.25) is 4.79 Å². The highest BCUT2D eigenvalue weighted by Crippen LogP contribution is 2.31. The summed E-state index contributed by atoms with van der Waals surface area (Å²) in [6.45, 7) is 8.87. The Kier molecular flexibility index (Phi) is 7.12. The van der Waals surface area contributed by atoms with E-state index >= 15 is 0 Å². The number of morpholine rings is 1. The molecular weight excluding hydrogens is 402 g/mol. The molecule has 1 amide bonds. The van der Waals surface area contributed by atoms with E-state index in [0.717, 1.165) is 11.3 Å². The number of hydrogen-bond donors (Lipinski definition) is 1. The topological polar surface area (TPSA) is 79.0 Å². The van der Waals surface area contributed by atoms with Crippen LogP contribution in [0.3, 0.4) is 0 Å². The number of aryl methyl sites for hydroxylation is 1. The van der Waals surface area contributed by atoms with Crippen LogP contribution in [-0.2, 0) is 14.8 Å². The van der Waals surface area contributed by atoms with Crippen LogP contribution in [0.25, 0.3) is 0 Å². The van der Waals surface area contributed by atoms with E-state index in [-0.39, 0.29) is 10.8 Å². The number of ether oxygens (including phenoxy) is 1. The molecule has 1 aliphatic rings. The Morgan fingerprint density at radius 2 is 1.70 bits per heavy atom. The van der Waals surface area contributed by atoms with Crippen LogP contribution in [0.2, 0.25) is 0 Å². The summed E-state index contributed by atoms with van der Waals surface area (Å²) in [4.78, 5) is 15.1. The average Bonchev–Trinajstić information content (AvgIpc) is 2.75. The summed E-state index contributed by atoms with van der Waals surface area (Å²) in [5.74, 6) is -0.276. The lowest BCUT2D eigenvalue weighted by molar-refractivity contribution is 0.102. The van der Waals surface area contributed by atoms with Crippen molar-refractivity contribution in [1.29, 1.82) is 0 Å². The molecule has 2 aromatic carbocycles. The maximum atomic E-state index is 13.0. The van der Waals surface area contributed by atoms with Crippen molar-refractivity contribution in [3.63, 3.8) is 0 Å². The van der Waals surface area contributed by atoms with Crippen molar-refractivity contribution < 1.29 is 17.9 Å². The van der Waals surface area contributed by atoms with E-state index in [1.165, 1.54) is 4.31 Å². The smallest absolute Gasteiger partial charge is 0.255 e. The summed E-state index contributed by atoms with van der Waals surface area (Å²) in [6, 6.07) is 12.2. The fourth-order valence-corrected chi connectivity index (χ4v) is 4.95. The molecule has 0 aliphatic carbocycles. The minimum Gasteiger partial charge on any atom is -0.378 e. The molecule has 1 heterocycles. The number of amides is 1. The summed E-state index contributed by atoms with van der Waals surface area (Å²) in [7, 11) is -3.64. The van der Waals surface area contributed by atoms with Gasteiger partial charge < -0.3 is 15.0 Å². The van der Waals surface area contributed by atoms with Crippen LogP contribution < -0.4 is 10.2 Å². The first-order valence-corrected chi connectivity index (χ1v) is 11.7. The van der Waals surface area contributed by atoms with Gasteiger partial charge in [0.15, 0.2) is 0 Å². The van der Waals surface area contributed by atoms with Gasteiger partial charge in [0.25, 0.3) is 5.91 Å². The van der Waals surface area contributed by atoms with E-state index in [2.05, 4.69) is 10.2 Å². The average molecular weight is 432 g/mol. The summed E-state index contributed by atoms with van der Waals surface area (Å²) < 4.78 is 32.8. The van der Waals surface area contributed by atoms with Crippen molar-refractivity contribution >= 4 is 27.3 Å². The molecule has 0 unspecified atom stereocenters. The molecule has 7 nitrogen and oxygen atoms in total. The number of nitrogens with one attached hydrogen (secondary N) is 1. The lowest BCUT2D eigenvalue weighted by Gasteiger charge is -2.31. The van der Waals surface area contributed by atoms with E-state index in [4.69, 9.17) is 4.74 Å². The molecule has 2 aromatic rings. The second-order valence-electron chi connectivity index (χ2n) is 7.19. The van der Waals surface area contributed by atoms with Gasteiger partial charge in [0, 0.05) is 31.7 Å². The van der Waals surface area contributed by atoms with Gasteiger partial charge in [-0.15, -0.1) is 0 Å². The van der Waals surface area contributed by atoms with Gasteiger partial charge in [0.2, 0.25) is 10.0 Å². The Morgan fingerprint density at radius 3 is 2.30 bits per heavy atom. The van der Waals surface area contributed by atoms with Gasteiger partial charge in [-0.25, -0.2) is 8.42 Å². The van der Waals surface area contributed by atoms with E-state index in [0.29, 0.717) is 50.6 Å². The molecule has 1 saturated heterocycles. The molecule has 1 aliphatic heterocycles. The zero-order valence-electron chi connectivity index (χ0n) is 17.7. The van der Waals surface area contributed by atoms with Gasteiger partial charge >= 0.3 is 0 Å². The Bertz CT molecular complexity index is 980. The van der Waals surface area contributed by atoms with E-state index < -0.39 is 10.0 Å². The van der Waals surface area contributed by atoms with Crippen LogP contribution in [0.5, 0.6) is 0 Å². The predicted molar refractivity (Wildman–Crippen MR) is 119 cm³/mol. The molecule has 3 rings (SSSR count). The Hall–Kier alpha value is -2.42. The molecule has 0 spiro atoms. The second-order valence-corrected chi connectivity index (χ2v) is 9.13. The Morgan fingerprint density at radius 1 is 1.07 bits per heavy atom. The third-order valence-corrected chi connectivity index (χ3v) is 7.27. The monoisotopic (exact) mass is 431 g/mol. The van der Waals surface area contributed by atoms with Crippen molar-refractivity contribution in [1.82, 2.24) is 4.31 Å². The second kappa shape index (κ2) is 9.59. The van der Waals surface area contributed by atoms with E-state index in [9.17, 15) is 13.2 Å². The highest BCUT2D eigenvalue weighted by atomic mass is 32.2. The van der Waals surface area contributed by atoms with Gasteiger partial charge in [-0.1, -0.05) is 31.5 Å². The van der Waals surface area contributed by atoms with Crippen molar-refractivity contribution in [2.24, 2.45) is 0 Å². The molecule has 162 valence electrons. The van der Waals surface area contributed by atoms with Crippen molar-refractivity contribution in [2.75, 3.05) is 49.6 Å². The van der Waals surface area contributed by atoms with Crippen LogP contribution >= 0.6 is 0 Å². The van der Waals surface area contributed by atoms with Crippen molar-refractivity contribution in [3.05, 3.63) is 53.6 Å². The number of anilines is 2. The highest BCUT2D eigenvalue weighted by Gasteiger charge is 2.25. The first-order chi connectivity index (χ1) is 14.4. The summed E-state index contributed by atoms with van der Waals surface area (Å²) in [6.07, 6.45) is 0. The lowest BCUT2D eigenvalue weighted by Crippen LogP contribution is -2.37. The normalized spacial score (nSPS) is 14.7. The van der Waals surface area contributed by atoms with Gasteiger partial charge in [-0.2, -0.15) is 4.31 Å². The summed E-state index contributed by atoms with van der Waals surface area (Å²) >= 11 is 0. The molecular formula is C22H29N3O4S. The van der Waals surface area contributed by atoms with E-state index in [1.807, 2.05) is 32.9 Å². The molecule has 0 radical (unpaired) electrons. The fraction of sp³-hybridized carbons (Fsp3) is 0.409. The highest BCUT2D eigenvalue weighted by molar-refractivity contribution is 7.89. The van der Waals surface area contributed by atoms with Crippen LogP contribution in [0.1, 0.15) is 29.8 Å². The first-order valence-electron chi connectivity index (χ1n) is 10.2. The first kappa shape index (κ1) is 22.3. The minimum absolute atomic E-state index is 0.169. The van der Waals surface area contributed by atoms with Crippen LogP contribution in [0.4, 0.5) is 11.4 Å². The molecule has 0 atom stereocenters. The zero-order chi connectivity index (χ0) is 21.7. The molecule has 30 heavy (non-hydrogen) atoms. The van der Waals surface area contributed by atoms with Crippen molar-refractivity contribution in [3.8, 4) is 0 Å².